The topological polar surface area (TPSA) is 124 Å². The molecule has 0 aromatic carbocycles. The zero-order chi connectivity index (χ0) is 21.4. The summed E-state index contributed by atoms with van der Waals surface area (Å²) >= 11 is 0. The van der Waals surface area contributed by atoms with Crippen molar-refractivity contribution in [2.45, 2.75) is 24.4 Å². The van der Waals surface area contributed by atoms with Gasteiger partial charge in [-0.15, -0.1) is 0 Å². The number of methoxy groups -OCH3 is 4. The molecule has 0 spiro atoms. The largest absolute Gasteiger partial charge is 0.389 e. The fraction of sp³-hybridized carbons (Fsp3) is 1.00. The van der Waals surface area contributed by atoms with E-state index in [-0.39, 0.29) is 26.4 Å². The zero-order valence-electron chi connectivity index (χ0n) is 17.7. The third-order valence-corrected chi connectivity index (χ3v) is 4.04. The molecular weight excluding hydrogens is 372 g/mol. The van der Waals surface area contributed by atoms with Crippen LogP contribution in [0.2, 0.25) is 0 Å². The van der Waals surface area contributed by atoms with Crippen molar-refractivity contribution in [2.75, 3.05) is 94.1 Å². The molecule has 0 fully saturated rings. The predicted molar refractivity (Wildman–Crippen MR) is 104 cm³/mol. The van der Waals surface area contributed by atoms with Crippen molar-refractivity contribution in [1.82, 2.24) is 9.80 Å². The van der Waals surface area contributed by atoms with Crippen LogP contribution in [0.15, 0.2) is 0 Å². The van der Waals surface area contributed by atoms with Crippen LogP contribution in [0.25, 0.3) is 0 Å². The molecule has 4 atom stereocenters. The molecule has 0 aromatic heterocycles. The first-order valence-electron chi connectivity index (χ1n) is 9.48. The summed E-state index contributed by atoms with van der Waals surface area (Å²) in [7, 11) is 6.07. The third-order valence-electron chi connectivity index (χ3n) is 4.04. The molecule has 0 aromatic rings. The number of aliphatic hydroxyl groups excluding tert-OH is 4. The van der Waals surface area contributed by atoms with Crippen LogP contribution < -0.4 is 0 Å². The Balaban J connectivity index is 4.86. The van der Waals surface area contributed by atoms with Gasteiger partial charge in [0.05, 0.1) is 50.8 Å². The van der Waals surface area contributed by atoms with Gasteiger partial charge in [-0.05, 0) is 0 Å². The van der Waals surface area contributed by atoms with Crippen molar-refractivity contribution < 1.29 is 39.4 Å². The molecule has 0 heterocycles. The van der Waals surface area contributed by atoms with E-state index in [4.69, 9.17) is 18.9 Å². The van der Waals surface area contributed by atoms with E-state index >= 15 is 0 Å². The Labute approximate surface area is 168 Å². The lowest BCUT2D eigenvalue weighted by Crippen LogP contribution is -2.47. The Morgan fingerprint density at radius 3 is 0.893 bits per heavy atom. The molecule has 0 saturated carbocycles. The highest BCUT2D eigenvalue weighted by Crippen LogP contribution is 2.02. The van der Waals surface area contributed by atoms with Crippen molar-refractivity contribution in [3.8, 4) is 0 Å². The molecule has 170 valence electrons. The van der Waals surface area contributed by atoms with Crippen LogP contribution in [0.5, 0.6) is 0 Å². The van der Waals surface area contributed by atoms with Crippen LogP contribution in [0.3, 0.4) is 0 Å². The smallest absolute Gasteiger partial charge is 0.0900 e. The number of hydrogen-bond donors (Lipinski definition) is 4. The Kier molecular flexibility index (Phi) is 17.2. The molecule has 0 amide bonds. The van der Waals surface area contributed by atoms with E-state index in [1.165, 1.54) is 28.4 Å². The molecule has 0 aliphatic rings. The summed E-state index contributed by atoms with van der Waals surface area (Å²) in [6, 6.07) is 0. The van der Waals surface area contributed by atoms with Crippen LogP contribution in [0.4, 0.5) is 0 Å². The lowest BCUT2D eigenvalue weighted by atomic mass is 10.2. The van der Waals surface area contributed by atoms with E-state index < -0.39 is 24.4 Å². The summed E-state index contributed by atoms with van der Waals surface area (Å²) < 4.78 is 19.9. The van der Waals surface area contributed by atoms with E-state index in [1.54, 1.807) is 0 Å². The molecule has 10 heteroatoms. The Morgan fingerprint density at radius 1 is 0.500 bits per heavy atom. The standard InChI is InChI=1S/C18H40N2O8/c1-25-11-15(21)7-19(8-16(22)12-26-2)5-6-20(9-17(23)13-27-3)10-18(24)14-28-4/h15-18,21-24H,5-14H2,1-4H3. The molecule has 0 aliphatic carbocycles. The molecular formula is C18H40N2O8. The van der Waals surface area contributed by atoms with Crippen molar-refractivity contribution in [3.05, 3.63) is 0 Å². The zero-order valence-corrected chi connectivity index (χ0v) is 17.7. The predicted octanol–water partition coefficient (Wildman–Crippen LogP) is -2.38. The van der Waals surface area contributed by atoms with E-state index in [9.17, 15) is 20.4 Å². The number of aliphatic hydroxyl groups is 4. The molecule has 0 rings (SSSR count). The number of rotatable bonds is 19. The van der Waals surface area contributed by atoms with Crippen LogP contribution in [0, 0.1) is 0 Å². The van der Waals surface area contributed by atoms with E-state index in [1.807, 2.05) is 9.80 Å². The van der Waals surface area contributed by atoms with Crippen molar-refractivity contribution >= 4 is 0 Å². The SMILES string of the molecule is COCC(O)CN(CCN(CC(O)COC)CC(O)COC)CC(O)COC. The highest BCUT2D eigenvalue weighted by atomic mass is 16.5. The number of ether oxygens (including phenoxy) is 4. The average molecular weight is 413 g/mol. The first-order chi connectivity index (χ1) is 13.4. The maximum Gasteiger partial charge on any atom is 0.0900 e. The van der Waals surface area contributed by atoms with Crippen LogP contribution in [0.1, 0.15) is 0 Å². The normalized spacial score (nSPS) is 16.5. The molecule has 4 unspecified atom stereocenters. The second kappa shape index (κ2) is 17.5. The van der Waals surface area contributed by atoms with Gasteiger partial charge in [-0.25, -0.2) is 0 Å². The van der Waals surface area contributed by atoms with Gasteiger partial charge in [-0.2, -0.15) is 0 Å². The molecule has 28 heavy (non-hydrogen) atoms. The summed E-state index contributed by atoms with van der Waals surface area (Å²) in [5.74, 6) is 0. The summed E-state index contributed by atoms with van der Waals surface area (Å²) in [4.78, 5) is 3.82. The number of hydrogen-bond acceptors (Lipinski definition) is 10. The van der Waals surface area contributed by atoms with Crippen LogP contribution in [-0.2, 0) is 18.9 Å². The minimum atomic E-state index is -0.689. The summed E-state index contributed by atoms with van der Waals surface area (Å²) in [6.45, 7) is 3.10. The molecule has 4 N–H and O–H groups in total. The second-order valence-corrected chi connectivity index (χ2v) is 6.96. The van der Waals surface area contributed by atoms with Gasteiger partial charge in [-0.1, -0.05) is 0 Å². The van der Waals surface area contributed by atoms with Crippen molar-refractivity contribution in [1.29, 1.82) is 0 Å². The highest BCUT2D eigenvalue weighted by molar-refractivity contribution is 4.74. The number of nitrogens with zero attached hydrogens (tertiary/aromatic N) is 2. The van der Waals surface area contributed by atoms with Gasteiger partial charge in [-0.3, -0.25) is 9.80 Å². The van der Waals surface area contributed by atoms with Gasteiger partial charge in [0.1, 0.15) is 0 Å². The van der Waals surface area contributed by atoms with Gasteiger partial charge in [0, 0.05) is 67.7 Å². The Bertz CT molecular complexity index is 294. The fourth-order valence-electron chi connectivity index (χ4n) is 2.97. The average Bonchev–Trinajstić information content (AvgIpc) is 2.60. The van der Waals surface area contributed by atoms with E-state index in [2.05, 4.69) is 0 Å². The van der Waals surface area contributed by atoms with Gasteiger partial charge < -0.3 is 39.4 Å². The van der Waals surface area contributed by atoms with E-state index in [0.29, 0.717) is 39.3 Å². The maximum atomic E-state index is 10.1. The fourth-order valence-corrected chi connectivity index (χ4v) is 2.97. The lowest BCUT2D eigenvalue weighted by molar-refractivity contribution is -0.00992. The quantitative estimate of drug-likeness (QED) is 0.183. The molecule has 10 nitrogen and oxygen atoms in total. The van der Waals surface area contributed by atoms with Gasteiger partial charge in [0.2, 0.25) is 0 Å². The Morgan fingerprint density at radius 2 is 0.714 bits per heavy atom. The highest BCUT2D eigenvalue weighted by Gasteiger charge is 2.20. The molecule has 0 aliphatic heterocycles. The minimum absolute atomic E-state index is 0.194. The molecule has 0 radical (unpaired) electrons. The monoisotopic (exact) mass is 412 g/mol. The lowest BCUT2D eigenvalue weighted by Gasteiger charge is -2.32. The molecule has 0 saturated heterocycles. The van der Waals surface area contributed by atoms with Crippen LogP contribution in [-0.4, -0.2) is 149 Å². The van der Waals surface area contributed by atoms with Gasteiger partial charge in [0.25, 0.3) is 0 Å². The minimum Gasteiger partial charge on any atom is -0.389 e. The molecule has 0 bridgehead atoms. The van der Waals surface area contributed by atoms with Gasteiger partial charge >= 0.3 is 0 Å². The first-order valence-corrected chi connectivity index (χ1v) is 9.48. The van der Waals surface area contributed by atoms with Crippen molar-refractivity contribution in [3.63, 3.8) is 0 Å². The third kappa shape index (κ3) is 14.6. The summed E-state index contributed by atoms with van der Waals surface area (Å²) in [6.07, 6.45) is -2.75. The second-order valence-electron chi connectivity index (χ2n) is 6.96. The van der Waals surface area contributed by atoms with Crippen molar-refractivity contribution in [2.24, 2.45) is 0 Å². The Hall–Kier alpha value is -0.400. The maximum absolute atomic E-state index is 10.1. The van der Waals surface area contributed by atoms with Gasteiger partial charge in [0.15, 0.2) is 0 Å². The van der Waals surface area contributed by atoms with E-state index in [0.717, 1.165) is 0 Å². The summed E-state index contributed by atoms with van der Waals surface area (Å²) in [5.41, 5.74) is 0. The van der Waals surface area contributed by atoms with Crippen LogP contribution >= 0.6 is 0 Å². The summed E-state index contributed by atoms with van der Waals surface area (Å²) in [5, 5.41) is 40.2. The first kappa shape index (κ1) is 27.6.